The first-order valence-corrected chi connectivity index (χ1v) is 5.61. The van der Waals surface area contributed by atoms with Crippen LogP contribution in [0.2, 0.25) is 0 Å². The topological polar surface area (TPSA) is 55.1 Å². The van der Waals surface area contributed by atoms with Crippen molar-refractivity contribution in [2.75, 3.05) is 13.1 Å². The largest absolute Gasteiger partial charge is 0.355 e. The summed E-state index contributed by atoms with van der Waals surface area (Å²) in [5.41, 5.74) is 5.84. The van der Waals surface area contributed by atoms with Gasteiger partial charge in [0.2, 0.25) is 5.91 Å². The Kier molecular flexibility index (Phi) is 3.93. The zero-order chi connectivity index (χ0) is 10.6. The summed E-state index contributed by atoms with van der Waals surface area (Å²) in [5, 5.41) is 3.01. The third kappa shape index (κ3) is 2.47. The average molecular weight is 198 g/mol. The molecule has 0 spiro atoms. The van der Waals surface area contributed by atoms with E-state index in [0.29, 0.717) is 12.0 Å². The molecule has 0 aromatic heterocycles. The predicted molar refractivity (Wildman–Crippen MR) is 57.8 cm³/mol. The van der Waals surface area contributed by atoms with E-state index in [9.17, 15) is 4.79 Å². The van der Waals surface area contributed by atoms with Crippen molar-refractivity contribution in [1.82, 2.24) is 5.32 Å². The second-order valence-electron chi connectivity index (χ2n) is 4.56. The van der Waals surface area contributed by atoms with Crippen LogP contribution in [0.15, 0.2) is 0 Å². The van der Waals surface area contributed by atoms with E-state index in [2.05, 4.69) is 12.2 Å². The van der Waals surface area contributed by atoms with Gasteiger partial charge >= 0.3 is 0 Å². The molecule has 0 bridgehead atoms. The molecular weight excluding hydrogens is 176 g/mol. The highest BCUT2D eigenvalue weighted by molar-refractivity contribution is 5.78. The van der Waals surface area contributed by atoms with Crippen LogP contribution in [-0.2, 0) is 4.79 Å². The van der Waals surface area contributed by atoms with E-state index in [1.165, 1.54) is 25.7 Å². The Morgan fingerprint density at radius 2 is 2.21 bits per heavy atom. The Morgan fingerprint density at radius 3 is 2.57 bits per heavy atom. The quantitative estimate of drug-likeness (QED) is 0.699. The van der Waals surface area contributed by atoms with Crippen LogP contribution < -0.4 is 11.1 Å². The second kappa shape index (κ2) is 4.78. The number of hydrogen-bond acceptors (Lipinski definition) is 2. The Balaban J connectivity index is 2.28. The average Bonchev–Trinajstić information content (AvgIpc) is 2.15. The van der Waals surface area contributed by atoms with Crippen molar-refractivity contribution in [3.05, 3.63) is 0 Å². The summed E-state index contributed by atoms with van der Waals surface area (Å²) in [6.07, 6.45) is 5.02. The number of rotatable bonds is 5. The van der Waals surface area contributed by atoms with Crippen LogP contribution in [-0.4, -0.2) is 19.0 Å². The van der Waals surface area contributed by atoms with Crippen LogP contribution in [0, 0.1) is 11.3 Å². The predicted octanol–water partition coefficient (Wildman–Crippen LogP) is 1.28. The lowest BCUT2D eigenvalue weighted by molar-refractivity contribution is -0.125. The first kappa shape index (κ1) is 11.5. The maximum absolute atomic E-state index is 11.5. The molecule has 0 radical (unpaired) electrons. The molecule has 82 valence electrons. The van der Waals surface area contributed by atoms with Gasteiger partial charge in [-0.15, -0.1) is 0 Å². The van der Waals surface area contributed by atoms with Crippen molar-refractivity contribution in [2.24, 2.45) is 17.1 Å². The van der Waals surface area contributed by atoms with Gasteiger partial charge in [-0.25, -0.2) is 0 Å². The highest BCUT2D eigenvalue weighted by Crippen LogP contribution is 2.42. The van der Waals surface area contributed by atoms with Crippen LogP contribution in [0.3, 0.4) is 0 Å². The van der Waals surface area contributed by atoms with E-state index in [1.54, 1.807) is 0 Å². The lowest BCUT2D eigenvalue weighted by atomic mass is 9.67. The van der Waals surface area contributed by atoms with Crippen LogP contribution in [0.25, 0.3) is 0 Å². The Hall–Kier alpha value is -0.570. The molecule has 1 aliphatic carbocycles. The van der Waals surface area contributed by atoms with Gasteiger partial charge in [-0.3, -0.25) is 4.79 Å². The molecule has 0 aliphatic heterocycles. The molecule has 0 heterocycles. The summed E-state index contributed by atoms with van der Waals surface area (Å²) in [4.78, 5) is 11.5. The van der Waals surface area contributed by atoms with E-state index >= 15 is 0 Å². The zero-order valence-electron chi connectivity index (χ0n) is 9.31. The number of amides is 1. The van der Waals surface area contributed by atoms with Gasteiger partial charge in [0.1, 0.15) is 0 Å². The zero-order valence-corrected chi connectivity index (χ0v) is 9.31. The van der Waals surface area contributed by atoms with E-state index in [1.807, 2.05) is 6.92 Å². The molecular formula is C11H22N2O. The molecule has 1 amide bonds. The minimum atomic E-state index is -0.0519. The SMILES string of the molecule is CCC1(CNC(=O)C(C)CN)CCC1. The fourth-order valence-electron chi connectivity index (χ4n) is 1.89. The fourth-order valence-corrected chi connectivity index (χ4v) is 1.89. The first-order chi connectivity index (χ1) is 6.63. The van der Waals surface area contributed by atoms with Crippen molar-refractivity contribution in [3.8, 4) is 0 Å². The van der Waals surface area contributed by atoms with E-state index < -0.39 is 0 Å². The summed E-state index contributed by atoms with van der Waals surface area (Å²) in [7, 11) is 0. The molecule has 3 N–H and O–H groups in total. The Morgan fingerprint density at radius 1 is 1.57 bits per heavy atom. The van der Waals surface area contributed by atoms with Gasteiger partial charge in [-0.2, -0.15) is 0 Å². The van der Waals surface area contributed by atoms with E-state index in [0.717, 1.165) is 6.54 Å². The molecule has 3 nitrogen and oxygen atoms in total. The molecule has 1 unspecified atom stereocenters. The monoisotopic (exact) mass is 198 g/mol. The summed E-state index contributed by atoms with van der Waals surface area (Å²) >= 11 is 0. The van der Waals surface area contributed by atoms with Gasteiger partial charge < -0.3 is 11.1 Å². The van der Waals surface area contributed by atoms with Crippen LogP contribution in [0.5, 0.6) is 0 Å². The molecule has 0 aromatic rings. The van der Waals surface area contributed by atoms with Gasteiger partial charge in [0.05, 0.1) is 0 Å². The maximum Gasteiger partial charge on any atom is 0.224 e. The van der Waals surface area contributed by atoms with Gasteiger partial charge in [-0.1, -0.05) is 20.3 Å². The molecule has 14 heavy (non-hydrogen) atoms. The molecule has 1 aliphatic rings. The van der Waals surface area contributed by atoms with Crippen molar-refractivity contribution >= 4 is 5.91 Å². The second-order valence-corrected chi connectivity index (χ2v) is 4.56. The lowest BCUT2D eigenvalue weighted by Gasteiger charge is -2.41. The maximum atomic E-state index is 11.5. The van der Waals surface area contributed by atoms with E-state index in [-0.39, 0.29) is 11.8 Å². The van der Waals surface area contributed by atoms with Crippen molar-refractivity contribution in [3.63, 3.8) is 0 Å². The minimum Gasteiger partial charge on any atom is -0.355 e. The summed E-state index contributed by atoms with van der Waals surface area (Å²) in [6.45, 7) is 5.35. The molecule has 1 rings (SSSR count). The van der Waals surface area contributed by atoms with Gasteiger partial charge in [0, 0.05) is 19.0 Å². The highest BCUT2D eigenvalue weighted by Gasteiger charge is 2.35. The number of hydrogen-bond donors (Lipinski definition) is 2. The van der Waals surface area contributed by atoms with Crippen molar-refractivity contribution in [2.45, 2.75) is 39.5 Å². The van der Waals surface area contributed by atoms with Crippen LogP contribution in [0.4, 0.5) is 0 Å². The van der Waals surface area contributed by atoms with E-state index in [4.69, 9.17) is 5.73 Å². The molecule has 1 saturated carbocycles. The number of nitrogens with one attached hydrogen (secondary N) is 1. The third-order valence-electron chi connectivity index (χ3n) is 3.60. The lowest BCUT2D eigenvalue weighted by Crippen LogP contribution is -2.44. The molecule has 1 atom stereocenters. The number of carbonyl (C=O) groups excluding carboxylic acids is 1. The standard InChI is InChI=1S/C11H22N2O/c1-3-11(5-4-6-11)8-13-10(14)9(2)7-12/h9H,3-8,12H2,1-2H3,(H,13,14). The van der Waals surface area contributed by atoms with Gasteiger partial charge in [0.25, 0.3) is 0 Å². The number of carbonyl (C=O) groups is 1. The summed E-state index contributed by atoms with van der Waals surface area (Å²) < 4.78 is 0. The third-order valence-corrected chi connectivity index (χ3v) is 3.60. The van der Waals surface area contributed by atoms with Gasteiger partial charge in [0.15, 0.2) is 0 Å². The minimum absolute atomic E-state index is 0.0519. The van der Waals surface area contributed by atoms with Gasteiger partial charge in [-0.05, 0) is 24.7 Å². The Labute approximate surface area is 86.4 Å². The smallest absolute Gasteiger partial charge is 0.224 e. The van der Waals surface area contributed by atoms with Crippen molar-refractivity contribution in [1.29, 1.82) is 0 Å². The molecule has 3 heteroatoms. The summed E-state index contributed by atoms with van der Waals surface area (Å²) in [6, 6.07) is 0. The van der Waals surface area contributed by atoms with Crippen LogP contribution in [0.1, 0.15) is 39.5 Å². The molecule has 0 saturated heterocycles. The summed E-state index contributed by atoms with van der Waals surface area (Å²) in [5.74, 6) is 0.0520. The van der Waals surface area contributed by atoms with Crippen molar-refractivity contribution < 1.29 is 4.79 Å². The van der Waals surface area contributed by atoms with Crippen LogP contribution >= 0.6 is 0 Å². The Bertz CT molecular complexity index is 194. The molecule has 0 aromatic carbocycles. The highest BCUT2D eigenvalue weighted by atomic mass is 16.1. The first-order valence-electron chi connectivity index (χ1n) is 5.61. The molecule has 1 fully saturated rings. The normalized spacial score (nSPS) is 21.1. The fraction of sp³-hybridized carbons (Fsp3) is 0.909. The number of nitrogens with two attached hydrogens (primary N) is 1.